The van der Waals surface area contributed by atoms with Crippen LogP contribution < -0.4 is 5.73 Å². The van der Waals surface area contributed by atoms with Crippen LogP contribution in [0.25, 0.3) is 0 Å². The number of aryl methyl sites for hydroxylation is 1. The minimum absolute atomic E-state index is 0.494. The summed E-state index contributed by atoms with van der Waals surface area (Å²) in [5, 5.41) is 0.816. The molecule has 0 spiro atoms. The molecule has 5 nitrogen and oxygen atoms in total. The van der Waals surface area contributed by atoms with Crippen molar-refractivity contribution in [3.05, 3.63) is 18.2 Å². The van der Waals surface area contributed by atoms with Gasteiger partial charge in [-0.2, -0.15) is 4.37 Å². The van der Waals surface area contributed by atoms with Crippen LogP contribution in [0.2, 0.25) is 0 Å². The van der Waals surface area contributed by atoms with Crippen LogP contribution in [0.4, 0.5) is 5.82 Å². The highest BCUT2D eigenvalue weighted by atomic mass is 32.2. The molecule has 0 atom stereocenters. The van der Waals surface area contributed by atoms with Gasteiger partial charge in [-0.3, -0.25) is 0 Å². The third-order valence-electron chi connectivity index (χ3n) is 1.62. The molecule has 2 N–H and O–H groups in total. The monoisotopic (exact) mass is 239 g/mol. The molecule has 0 unspecified atom stereocenters. The summed E-state index contributed by atoms with van der Waals surface area (Å²) in [6.45, 7) is 1.99. The summed E-state index contributed by atoms with van der Waals surface area (Å²) in [6.07, 6.45) is 2.30. The molecule has 0 bridgehead atoms. The van der Waals surface area contributed by atoms with Crippen molar-refractivity contribution in [1.29, 1.82) is 0 Å². The molecular weight excluding hydrogens is 230 g/mol. The zero-order valence-corrected chi connectivity index (χ0v) is 9.68. The molecule has 0 saturated heterocycles. The molecule has 0 amide bonds. The predicted molar refractivity (Wildman–Crippen MR) is 59.9 cm³/mol. The molecule has 0 fully saturated rings. The molecule has 0 aliphatic carbocycles. The minimum atomic E-state index is 0.494. The molecule has 0 saturated carbocycles. The molecule has 2 heterocycles. The van der Waals surface area contributed by atoms with E-state index in [-0.39, 0.29) is 0 Å². The molecule has 2 rings (SSSR count). The maximum atomic E-state index is 5.67. The van der Waals surface area contributed by atoms with Gasteiger partial charge in [0, 0.05) is 12.5 Å². The predicted octanol–water partition coefficient (Wildman–Crippen LogP) is 1.62. The molecule has 0 aliphatic rings. The third kappa shape index (κ3) is 2.63. The average molecular weight is 239 g/mol. The van der Waals surface area contributed by atoms with Gasteiger partial charge in [-0.1, -0.05) is 6.92 Å². The van der Waals surface area contributed by atoms with Crippen molar-refractivity contribution in [2.24, 2.45) is 0 Å². The van der Waals surface area contributed by atoms with Crippen LogP contribution >= 0.6 is 23.3 Å². The Balaban J connectivity index is 2.24. The molecule has 2 aromatic rings. The van der Waals surface area contributed by atoms with E-state index in [9.17, 15) is 0 Å². The lowest BCUT2D eigenvalue weighted by molar-refractivity contribution is 0.894. The van der Waals surface area contributed by atoms with Gasteiger partial charge in [0.25, 0.3) is 0 Å². The number of hydrogen-bond acceptors (Lipinski definition) is 7. The standard InChI is InChI=1S/C8H9N5S2/c1-2-6-12-5(9)3-7(13-6)14-8-10-4-11-15-8/h3-4H,2H2,1H3,(H2,9,12,13). The van der Waals surface area contributed by atoms with Gasteiger partial charge in [0.15, 0.2) is 4.34 Å². The Morgan fingerprint density at radius 3 is 3.00 bits per heavy atom. The van der Waals surface area contributed by atoms with Crippen molar-refractivity contribution in [3.8, 4) is 0 Å². The molecule has 2 aromatic heterocycles. The first-order chi connectivity index (χ1) is 7.28. The lowest BCUT2D eigenvalue weighted by Gasteiger charge is -2.01. The molecular formula is C8H9N5S2. The third-order valence-corrected chi connectivity index (χ3v) is 3.25. The smallest absolute Gasteiger partial charge is 0.175 e. The van der Waals surface area contributed by atoms with E-state index < -0.39 is 0 Å². The molecule has 0 aliphatic heterocycles. The van der Waals surface area contributed by atoms with Crippen molar-refractivity contribution < 1.29 is 0 Å². The summed E-state index contributed by atoms with van der Waals surface area (Å²) in [5.41, 5.74) is 5.67. The summed E-state index contributed by atoms with van der Waals surface area (Å²) in [5.74, 6) is 1.25. The number of nitrogens with two attached hydrogens (primary N) is 1. The molecule has 15 heavy (non-hydrogen) atoms. The van der Waals surface area contributed by atoms with Gasteiger partial charge in [0.1, 0.15) is 23.0 Å². The van der Waals surface area contributed by atoms with Gasteiger partial charge in [0.2, 0.25) is 0 Å². The fourth-order valence-corrected chi connectivity index (χ4v) is 2.42. The number of hydrogen-bond donors (Lipinski definition) is 1. The van der Waals surface area contributed by atoms with E-state index in [1.165, 1.54) is 29.6 Å². The van der Waals surface area contributed by atoms with Crippen LogP contribution in [-0.2, 0) is 6.42 Å². The van der Waals surface area contributed by atoms with E-state index in [1.807, 2.05) is 6.92 Å². The van der Waals surface area contributed by atoms with Gasteiger partial charge in [-0.25, -0.2) is 15.0 Å². The van der Waals surface area contributed by atoms with E-state index in [1.54, 1.807) is 6.07 Å². The second-order valence-corrected chi connectivity index (χ2v) is 4.76. The summed E-state index contributed by atoms with van der Waals surface area (Å²) in [6, 6.07) is 1.74. The lowest BCUT2D eigenvalue weighted by atomic mass is 10.4. The van der Waals surface area contributed by atoms with Gasteiger partial charge < -0.3 is 5.73 Å². The highest BCUT2D eigenvalue weighted by Crippen LogP contribution is 2.27. The van der Waals surface area contributed by atoms with Crippen LogP contribution in [0, 0.1) is 0 Å². The van der Waals surface area contributed by atoms with Crippen LogP contribution in [0.3, 0.4) is 0 Å². The number of nitrogens with zero attached hydrogens (tertiary/aromatic N) is 4. The first-order valence-electron chi connectivity index (χ1n) is 4.36. The van der Waals surface area contributed by atoms with E-state index in [0.717, 1.165) is 21.6 Å². The van der Waals surface area contributed by atoms with Crippen molar-refractivity contribution in [3.63, 3.8) is 0 Å². The van der Waals surface area contributed by atoms with Gasteiger partial charge in [0.05, 0.1) is 0 Å². The SMILES string of the molecule is CCc1nc(N)cc(Sc2ncns2)n1. The van der Waals surface area contributed by atoms with Gasteiger partial charge >= 0.3 is 0 Å². The first-order valence-corrected chi connectivity index (χ1v) is 5.95. The van der Waals surface area contributed by atoms with Gasteiger partial charge in [-0.05, 0) is 23.3 Å². The summed E-state index contributed by atoms with van der Waals surface area (Å²) < 4.78 is 4.78. The van der Waals surface area contributed by atoms with Crippen molar-refractivity contribution in [2.75, 3.05) is 5.73 Å². The van der Waals surface area contributed by atoms with E-state index in [0.29, 0.717) is 5.82 Å². The van der Waals surface area contributed by atoms with E-state index in [4.69, 9.17) is 5.73 Å². The van der Waals surface area contributed by atoms with Crippen molar-refractivity contribution in [2.45, 2.75) is 22.7 Å². The Morgan fingerprint density at radius 2 is 2.33 bits per heavy atom. The summed E-state index contributed by atoms with van der Waals surface area (Å²) >= 11 is 2.79. The summed E-state index contributed by atoms with van der Waals surface area (Å²) in [7, 11) is 0. The van der Waals surface area contributed by atoms with Crippen LogP contribution in [0.1, 0.15) is 12.7 Å². The second-order valence-electron chi connectivity index (χ2n) is 2.71. The number of anilines is 1. The lowest BCUT2D eigenvalue weighted by Crippen LogP contribution is -1.99. The van der Waals surface area contributed by atoms with Crippen molar-refractivity contribution >= 4 is 29.1 Å². The molecule has 0 radical (unpaired) electrons. The Bertz CT molecular complexity index is 442. The largest absolute Gasteiger partial charge is 0.384 e. The maximum Gasteiger partial charge on any atom is 0.175 e. The molecule has 0 aromatic carbocycles. The normalized spacial score (nSPS) is 10.5. The number of rotatable bonds is 3. The number of aromatic nitrogens is 4. The Hall–Kier alpha value is -1.21. The quantitative estimate of drug-likeness (QED) is 0.820. The maximum absolute atomic E-state index is 5.67. The summed E-state index contributed by atoms with van der Waals surface area (Å²) in [4.78, 5) is 12.5. The minimum Gasteiger partial charge on any atom is -0.384 e. The molecule has 78 valence electrons. The van der Waals surface area contributed by atoms with Crippen LogP contribution in [-0.4, -0.2) is 19.3 Å². The van der Waals surface area contributed by atoms with Crippen LogP contribution in [0.15, 0.2) is 21.8 Å². The first kappa shape index (κ1) is 10.3. The van der Waals surface area contributed by atoms with Crippen LogP contribution in [0.5, 0.6) is 0 Å². The molecule has 7 heteroatoms. The fraction of sp³-hybridized carbons (Fsp3) is 0.250. The zero-order chi connectivity index (χ0) is 10.7. The average Bonchev–Trinajstić information content (AvgIpc) is 2.69. The van der Waals surface area contributed by atoms with Crippen molar-refractivity contribution in [1.82, 2.24) is 19.3 Å². The second kappa shape index (κ2) is 4.54. The zero-order valence-electron chi connectivity index (χ0n) is 8.04. The Morgan fingerprint density at radius 1 is 1.47 bits per heavy atom. The van der Waals surface area contributed by atoms with Gasteiger partial charge in [-0.15, -0.1) is 0 Å². The number of nitrogen functional groups attached to an aromatic ring is 1. The topological polar surface area (TPSA) is 77.6 Å². The van der Waals surface area contributed by atoms with E-state index in [2.05, 4.69) is 19.3 Å². The highest BCUT2D eigenvalue weighted by Gasteiger charge is 2.05. The highest BCUT2D eigenvalue weighted by molar-refractivity contribution is 8.00. The van der Waals surface area contributed by atoms with E-state index >= 15 is 0 Å². The fourth-order valence-electron chi connectivity index (χ4n) is 1.00. The Kier molecular flexibility index (Phi) is 3.12. The Labute approximate surface area is 95.3 Å².